The van der Waals surface area contributed by atoms with Crippen molar-refractivity contribution in [3.63, 3.8) is 0 Å². The maximum Gasteiger partial charge on any atom is 0.408 e. The highest BCUT2D eigenvalue weighted by Crippen LogP contribution is 2.41. The first-order valence-corrected chi connectivity index (χ1v) is 28.8. The van der Waals surface area contributed by atoms with E-state index in [1.165, 1.54) is 141 Å². The van der Waals surface area contributed by atoms with Crippen molar-refractivity contribution in [2.75, 3.05) is 26.4 Å². The van der Waals surface area contributed by atoms with E-state index < -0.39 is 23.3 Å². The number of nitrogens with one attached hydrogen (secondary N) is 2. The van der Waals surface area contributed by atoms with E-state index in [2.05, 4.69) is 102 Å². The molecule has 72 heavy (non-hydrogen) atoms. The number of nitrogens with zero attached hydrogens (tertiary/aromatic N) is 2. The van der Waals surface area contributed by atoms with Crippen molar-refractivity contribution in [1.82, 2.24) is 20.2 Å². The van der Waals surface area contributed by atoms with E-state index in [1.54, 1.807) is 0 Å². The predicted octanol–water partition coefficient (Wildman–Crippen LogP) is 15.9. The molecule has 9 heteroatoms. The Morgan fingerprint density at radius 2 is 0.958 bits per heavy atom. The van der Waals surface area contributed by atoms with E-state index in [-0.39, 0.29) is 25.0 Å². The van der Waals surface area contributed by atoms with Gasteiger partial charge in [0, 0.05) is 32.4 Å². The third-order valence-corrected chi connectivity index (χ3v) is 13.8. The number of aromatic nitrogens is 2. The lowest BCUT2D eigenvalue weighted by molar-refractivity contribution is -0.124. The summed E-state index contributed by atoms with van der Waals surface area (Å²) in [5, 5.41) is 6.03. The van der Waals surface area contributed by atoms with Crippen LogP contribution in [0.5, 0.6) is 0 Å². The van der Waals surface area contributed by atoms with Gasteiger partial charge in [-0.15, -0.1) is 0 Å². The summed E-state index contributed by atoms with van der Waals surface area (Å²) in [5.41, 5.74) is 2.32. The molecule has 0 aliphatic rings. The van der Waals surface area contributed by atoms with Crippen molar-refractivity contribution in [3.05, 3.63) is 126 Å². The molecule has 0 aliphatic heterocycles. The first-order valence-electron chi connectivity index (χ1n) is 28.8. The maximum absolute atomic E-state index is 14.3. The molecular weight excluding hydrogens is 893 g/mol. The first-order chi connectivity index (χ1) is 35.2. The van der Waals surface area contributed by atoms with Crippen molar-refractivity contribution in [2.24, 2.45) is 0 Å². The molecule has 4 rings (SSSR count). The number of carbonyl (C=O) groups excluding carboxylic acids is 2. The second-order valence-corrected chi connectivity index (χ2v) is 21.3. The zero-order valence-corrected chi connectivity index (χ0v) is 45.8. The molecule has 9 nitrogen and oxygen atoms in total. The molecule has 0 fully saturated rings. The van der Waals surface area contributed by atoms with E-state index in [1.807, 2.05) is 51.5 Å². The molecule has 2 atom stereocenters. The fourth-order valence-electron chi connectivity index (χ4n) is 9.82. The van der Waals surface area contributed by atoms with Gasteiger partial charge in [0.05, 0.1) is 24.7 Å². The molecule has 4 aromatic rings. The van der Waals surface area contributed by atoms with Crippen LogP contribution in [0.25, 0.3) is 0 Å². The van der Waals surface area contributed by atoms with Gasteiger partial charge in [0.25, 0.3) is 0 Å². The third kappa shape index (κ3) is 23.6. The second kappa shape index (κ2) is 36.5. The van der Waals surface area contributed by atoms with Crippen molar-refractivity contribution < 1.29 is 23.8 Å². The van der Waals surface area contributed by atoms with Crippen molar-refractivity contribution in [3.8, 4) is 0 Å². The molecule has 2 N–H and O–H groups in total. The molecule has 400 valence electrons. The number of hydrogen-bond donors (Lipinski definition) is 2. The lowest BCUT2D eigenvalue weighted by Crippen LogP contribution is -2.51. The number of ether oxygens (including phenoxy) is 3. The topological polar surface area (TPSA) is 104 Å². The normalized spacial score (nSPS) is 12.7. The number of imidazole rings is 1. The van der Waals surface area contributed by atoms with Crippen LogP contribution in [-0.2, 0) is 31.0 Å². The number of alkyl carbamates (subject to hydrolysis) is 1. The summed E-state index contributed by atoms with van der Waals surface area (Å²) in [7, 11) is 0. The van der Waals surface area contributed by atoms with Crippen LogP contribution >= 0.6 is 0 Å². The predicted molar refractivity (Wildman–Crippen MR) is 299 cm³/mol. The molecule has 1 aromatic heterocycles. The number of hydrogen-bond acceptors (Lipinski definition) is 6. The van der Waals surface area contributed by atoms with Gasteiger partial charge in [-0.05, 0) is 50.3 Å². The Hall–Kier alpha value is -4.47. The summed E-state index contributed by atoms with van der Waals surface area (Å²) in [5.74, 6) is -0.332. The monoisotopic (exact) mass is 991 g/mol. The Kier molecular flexibility index (Phi) is 30.4. The van der Waals surface area contributed by atoms with Crippen LogP contribution in [0.2, 0.25) is 0 Å². The van der Waals surface area contributed by atoms with Crippen LogP contribution in [0, 0.1) is 0 Å². The Bertz CT molecular complexity index is 1850. The summed E-state index contributed by atoms with van der Waals surface area (Å²) >= 11 is 0. The minimum atomic E-state index is -0.962. The third-order valence-electron chi connectivity index (χ3n) is 13.8. The van der Waals surface area contributed by atoms with E-state index in [9.17, 15) is 9.59 Å². The SMILES string of the molecule is CCCCCCCCCCCCCCCCCCOCC(CNC(=O)[C@H](Cc1cn(C(c2ccccc2)(c2ccccc2)c2ccccc2)cn1)NC(=O)OC(C)(C)C)OCCCCCCCCCCCC. The van der Waals surface area contributed by atoms with Gasteiger partial charge in [-0.1, -0.05) is 259 Å². The van der Waals surface area contributed by atoms with Crippen LogP contribution in [0.4, 0.5) is 4.79 Å². The molecule has 1 unspecified atom stereocenters. The zero-order valence-electron chi connectivity index (χ0n) is 45.8. The molecule has 0 spiro atoms. The summed E-state index contributed by atoms with van der Waals surface area (Å²) in [6.45, 7) is 11.9. The van der Waals surface area contributed by atoms with Gasteiger partial charge in [-0.2, -0.15) is 0 Å². The number of benzene rings is 3. The van der Waals surface area contributed by atoms with E-state index >= 15 is 0 Å². The van der Waals surface area contributed by atoms with Gasteiger partial charge < -0.3 is 29.4 Å². The minimum Gasteiger partial charge on any atom is -0.444 e. The van der Waals surface area contributed by atoms with Gasteiger partial charge in [0.1, 0.15) is 17.2 Å². The van der Waals surface area contributed by atoms with Crippen LogP contribution in [0.3, 0.4) is 0 Å². The standard InChI is InChI=1S/C63H98N4O5/c1-6-8-10-12-14-16-18-19-20-21-22-23-24-26-28-39-47-70-52-58(71-48-40-29-27-25-17-15-13-11-9-7-2)50-64-60(68)59(66-61(69)72-62(3,4)5)49-57-51-67(53-65-57)63(54-41-33-30-34-42-54,55-43-35-31-36-44-55)56-45-37-32-38-46-56/h30-38,41-46,51,53,58-59H,6-29,39-40,47-50,52H2,1-5H3,(H,64,68)(H,66,69)/t58?,59-/m0/s1. The highest BCUT2D eigenvalue weighted by atomic mass is 16.6. The lowest BCUT2D eigenvalue weighted by atomic mass is 9.77. The molecule has 0 radical (unpaired) electrons. The second-order valence-electron chi connectivity index (χ2n) is 21.3. The van der Waals surface area contributed by atoms with Crippen molar-refractivity contribution in [1.29, 1.82) is 0 Å². The van der Waals surface area contributed by atoms with Crippen LogP contribution in [0.15, 0.2) is 104 Å². The number of rotatable bonds is 41. The molecule has 0 bridgehead atoms. The van der Waals surface area contributed by atoms with E-state index in [4.69, 9.17) is 19.2 Å². The molecular formula is C63H98N4O5. The van der Waals surface area contributed by atoms with Crippen LogP contribution in [-0.4, -0.2) is 65.7 Å². The van der Waals surface area contributed by atoms with Crippen LogP contribution < -0.4 is 10.6 Å². The van der Waals surface area contributed by atoms with Crippen molar-refractivity contribution >= 4 is 12.0 Å². The molecule has 1 heterocycles. The summed E-state index contributed by atoms with van der Waals surface area (Å²) in [6.07, 6.45) is 36.9. The Labute approximate surface area is 437 Å². The Balaban J connectivity index is 1.36. The molecule has 0 saturated heterocycles. The fourth-order valence-corrected chi connectivity index (χ4v) is 9.82. The van der Waals surface area contributed by atoms with Crippen LogP contribution in [0.1, 0.15) is 224 Å². The van der Waals surface area contributed by atoms with Gasteiger partial charge in [0.2, 0.25) is 5.91 Å². The summed E-state index contributed by atoms with van der Waals surface area (Å²) in [6, 6.07) is 30.3. The Morgan fingerprint density at radius 3 is 1.38 bits per heavy atom. The average Bonchev–Trinajstić information content (AvgIpc) is 3.85. The lowest BCUT2D eigenvalue weighted by Gasteiger charge is -2.37. The van der Waals surface area contributed by atoms with E-state index in [0.717, 1.165) is 42.4 Å². The highest BCUT2D eigenvalue weighted by Gasteiger charge is 2.39. The Morgan fingerprint density at radius 1 is 0.556 bits per heavy atom. The summed E-state index contributed by atoms with van der Waals surface area (Å²) in [4.78, 5) is 32.6. The number of carbonyl (C=O) groups is 2. The van der Waals surface area contributed by atoms with Gasteiger partial charge in [-0.3, -0.25) is 4.79 Å². The molecule has 0 saturated carbocycles. The summed E-state index contributed by atoms with van der Waals surface area (Å²) < 4.78 is 20.5. The average molecular weight is 991 g/mol. The number of amides is 2. The van der Waals surface area contributed by atoms with Gasteiger partial charge in [-0.25, -0.2) is 9.78 Å². The fraction of sp³-hybridized carbons (Fsp3) is 0.635. The number of unbranched alkanes of at least 4 members (excludes halogenated alkanes) is 24. The van der Waals surface area contributed by atoms with Gasteiger partial charge in [0.15, 0.2) is 0 Å². The first kappa shape index (κ1) is 60.1. The minimum absolute atomic E-state index is 0.145. The molecule has 3 aromatic carbocycles. The van der Waals surface area contributed by atoms with Crippen molar-refractivity contribution in [2.45, 2.75) is 231 Å². The molecule has 2 amide bonds. The smallest absolute Gasteiger partial charge is 0.408 e. The molecule has 0 aliphatic carbocycles. The quantitative estimate of drug-likeness (QED) is 0.0339. The zero-order chi connectivity index (χ0) is 51.4. The highest BCUT2D eigenvalue weighted by molar-refractivity contribution is 5.86. The van der Waals surface area contributed by atoms with Gasteiger partial charge >= 0.3 is 6.09 Å². The largest absolute Gasteiger partial charge is 0.444 e. The van der Waals surface area contributed by atoms with E-state index in [0.29, 0.717) is 25.5 Å². The maximum atomic E-state index is 14.3.